The Bertz CT molecular complexity index is 2550. The molecule has 0 aliphatic rings. The number of carbonyl (C=O) groups is 4. The van der Waals surface area contributed by atoms with E-state index in [9.17, 15) is 43.2 Å². The van der Waals surface area contributed by atoms with Crippen LogP contribution in [0, 0.1) is 0 Å². The van der Waals surface area contributed by atoms with Gasteiger partial charge in [0.2, 0.25) is 0 Å². The zero-order valence-electron chi connectivity index (χ0n) is 63.2. The molecule has 0 aromatic rings. The standard InChI is InChI=1S/C83H136O17P2/c1-5-9-13-17-21-25-29-32-34-36-38-40-42-45-48-51-55-59-63-67-80(85)93-73-78(99-82(87)69-65-61-57-53-47-28-24-20-16-12-8-4)75-97-101(89,90)95-71-77(84)72-96-102(91,92)98-76-79(100-83(88)70-66-62-58-54-50-44-31-27-23-19-15-11-7-3)74-94-81(86)68-64-60-56-52-49-46-43-41-39-37-35-33-30-26-22-18-14-10-6-2/h9-10,13-14,21-22,25-27,31-35,38-41,45-46,48-49,55-56,59-60,77-79,84H,5-8,11-12,15-20,23-24,28-30,36-37,42-44,47,50-54,57-58,61-76H2,1-4H3,(H,89,90)(H,91,92)/b13-9-,14-10-,25-21-,26-22-,31-27-,34-32-,35-33-,40-38-,41-39-,48-45-,49-46-,59-55-,60-56-. The van der Waals surface area contributed by atoms with Crippen LogP contribution in [0.4, 0.5) is 0 Å². The molecule has 0 heterocycles. The maximum Gasteiger partial charge on any atom is 0.472 e. The summed E-state index contributed by atoms with van der Waals surface area (Å²) in [4.78, 5) is 72.8. The highest BCUT2D eigenvalue weighted by Gasteiger charge is 2.30. The molecule has 19 heteroatoms. The van der Waals surface area contributed by atoms with E-state index in [0.29, 0.717) is 38.5 Å². The Kier molecular flexibility index (Phi) is 70.1. The summed E-state index contributed by atoms with van der Waals surface area (Å²) in [5.74, 6) is -2.39. The molecule has 0 aromatic heterocycles. The van der Waals surface area contributed by atoms with Crippen molar-refractivity contribution in [2.24, 2.45) is 0 Å². The number of aliphatic hydroxyl groups excluding tert-OH is 1. The van der Waals surface area contributed by atoms with E-state index >= 15 is 0 Å². The average molecular weight is 1470 g/mol. The van der Waals surface area contributed by atoms with Crippen LogP contribution in [0.15, 0.2) is 158 Å². The highest BCUT2D eigenvalue weighted by molar-refractivity contribution is 7.47. The largest absolute Gasteiger partial charge is 0.472 e. The van der Waals surface area contributed by atoms with Gasteiger partial charge in [-0.05, 0) is 128 Å². The highest BCUT2D eigenvalue weighted by Crippen LogP contribution is 2.45. The molecule has 5 unspecified atom stereocenters. The lowest BCUT2D eigenvalue weighted by Gasteiger charge is -2.21. The second-order valence-corrected chi connectivity index (χ2v) is 28.1. The van der Waals surface area contributed by atoms with Gasteiger partial charge in [-0.25, -0.2) is 9.13 Å². The molecule has 0 aliphatic carbocycles. The number of hydrogen-bond acceptors (Lipinski definition) is 15. The summed E-state index contributed by atoms with van der Waals surface area (Å²) < 4.78 is 68.3. The van der Waals surface area contributed by atoms with Crippen LogP contribution in [0.1, 0.15) is 285 Å². The number of aliphatic hydroxyl groups is 1. The Balaban J connectivity index is 5.44. The van der Waals surface area contributed by atoms with Crippen molar-refractivity contribution in [1.29, 1.82) is 0 Å². The summed E-state index contributed by atoms with van der Waals surface area (Å²) in [5.41, 5.74) is 0. The van der Waals surface area contributed by atoms with Crippen molar-refractivity contribution in [2.45, 2.75) is 303 Å². The lowest BCUT2D eigenvalue weighted by molar-refractivity contribution is -0.161. The van der Waals surface area contributed by atoms with Crippen LogP contribution < -0.4 is 0 Å². The number of rotatable bonds is 71. The van der Waals surface area contributed by atoms with E-state index in [1.807, 2.05) is 36.5 Å². The van der Waals surface area contributed by atoms with Gasteiger partial charge in [-0.3, -0.25) is 37.3 Å². The number of unbranched alkanes of at least 4 members (excludes halogenated alkanes) is 19. The number of phosphoric ester groups is 2. The van der Waals surface area contributed by atoms with Gasteiger partial charge in [0, 0.05) is 25.7 Å². The summed E-state index contributed by atoms with van der Waals surface area (Å²) in [6.45, 7) is 4.42. The Morgan fingerprint density at radius 3 is 0.833 bits per heavy atom. The number of ether oxygens (including phenoxy) is 4. The lowest BCUT2D eigenvalue weighted by atomic mass is 10.1. The molecule has 3 N–H and O–H groups in total. The zero-order valence-corrected chi connectivity index (χ0v) is 65.0. The van der Waals surface area contributed by atoms with Crippen molar-refractivity contribution in [2.75, 3.05) is 39.6 Å². The van der Waals surface area contributed by atoms with Gasteiger partial charge in [-0.1, -0.05) is 288 Å². The fourth-order valence-electron chi connectivity index (χ4n) is 9.68. The van der Waals surface area contributed by atoms with Gasteiger partial charge in [0.15, 0.2) is 12.2 Å². The van der Waals surface area contributed by atoms with Crippen LogP contribution in [0.2, 0.25) is 0 Å². The third kappa shape index (κ3) is 73.0. The summed E-state index contributed by atoms with van der Waals surface area (Å²) in [5, 5.41) is 10.6. The second kappa shape index (κ2) is 74.0. The minimum Gasteiger partial charge on any atom is -0.462 e. The predicted molar refractivity (Wildman–Crippen MR) is 417 cm³/mol. The van der Waals surface area contributed by atoms with Crippen molar-refractivity contribution in [3.63, 3.8) is 0 Å². The number of esters is 4. The van der Waals surface area contributed by atoms with Gasteiger partial charge < -0.3 is 33.8 Å². The number of phosphoric acid groups is 2. The SMILES string of the molecule is CC/C=C\C/C=C\C/C=C\C/C=C\C/C=C\C/C=C\CCC(=O)OCC(COP(=O)(O)OCC(O)COP(=O)(O)OCC(COC(=O)CC/C=C\C/C=C\C/C=C\C/C=C\C/C=C\C/C=C\CC)OC(=O)CCCCCCCCCCCCC)OC(=O)CCCCCCC/C=C\CCCCCC. The minimum atomic E-state index is -5.00. The smallest absolute Gasteiger partial charge is 0.462 e. The minimum absolute atomic E-state index is 0.0294. The molecule has 0 bridgehead atoms. The van der Waals surface area contributed by atoms with Crippen LogP contribution in [0.5, 0.6) is 0 Å². The van der Waals surface area contributed by atoms with Gasteiger partial charge in [0.25, 0.3) is 0 Å². The molecule has 0 rings (SSSR count). The Hall–Kier alpha value is -5.32. The molecule has 0 fully saturated rings. The first-order valence-electron chi connectivity index (χ1n) is 38.7. The number of hydrogen-bond donors (Lipinski definition) is 3. The monoisotopic (exact) mass is 1470 g/mol. The van der Waals surface area contributed by atoms with E-state index in [0.717, 1.165) is 128 Å². The highest BCUT2D eigenvalue weighted by atomic mass is 31.2. The summed E-state index contributed by atoms with van der Waals surface area (Å²) in [7, 11) is -10.00. The third-order valence-electron chi connectivity index (χ3n) is 15.5. The molecule has 0 saturated carbocycles. The van der Waals surface area contributed by atoms with Crippen LogP contribution >= 0.6 is 15.6 Å². The van der Waals surface area contributed by atoms with Crippen molar-refractivity contribution in [3.05, 3.63) is 158 Å². The molecule has 102 heavy (non-hydrogen) atoms. The first-order chi connectivity index (χ1) is 49.7. The van der Waals surface area contributed by atoms with Crippen molar-refractivity contribution in [1.82, 2.24) is 0 Å². The van der Waals surface area contributed by atoms with Crippen molar-refractivity contribution in [3.8, 4) is 0 Å². The quantitative estimate of drug-likeness (QED) is 0.0169. The molecule has 5 atom stereocenters. The average Bonchev–Trinajstić information content (AvgIpc) is 0.907. The van der Waals surface area contributed by atoms with E-state index in [-0.39, 0.29) is 25.7 Å². The summed E-state index contributed by atoms with van der Waals surface area (Å²) >= 11 is 0. The van der Waals surface area contributed by atoms with Crippen LogP contribution in [-0.4, -0.2) is 96.7 Å². The molecule has 0 aliphatic heterocycles. The number of carbonyl (C=O) groups excluding carboxylic acids is 4. The molecule has 0 saturated heterocycles. The molecule has 17 nitrogen and oxygen atoms in total. The van der Waals surface area contributed by atoms with Gasteiger partial charge >= 0.3 is 39.5 Å². The van der Waals surface area contributed by atoms with E-state index in [2.05, 4.69) is 149 Å². The van der Waals surface area contributed by atoms with Gasteiger partial charge in [-0.15, -0.1) is 0 Å². The zero-order chi connectivity index (χ0) is 74.6. The maximum absolute atomic E-state index is 13.1. The van der Waals surface area contributed by atoms with Crippen LogP contribution in [-0.2, 0) is 65.4 Å². The van der Waals surface area contributed by atoms with E-state index in [1.54, 1.807) is 0 Å². The maximum atomic E-state index is 13.1. The first-order valence-corrected chi connectivity index (χ1v) is 41.7. The molecule has 0 radical (unpaired) electrons. The predicted octanol–water partition coefficient (Wildman–Crippen LogP) is 22.4. The molecular formula is C83H136O17P2. The molecule has 0 amide bonds. The van der Waals surface area contributed by atoms with Crippen LogP contribution in [0.3, 0.4) is 0 Å². The number of allylic oxidation sites excluding steroid dienone is 26. The fourth-order valence-corrected chi connectivity index (χ4v) is 11.3. The molecule has 0 spiro atoms. The topological polar surface area (TPSA) is 237 Å². The van der Waals surface area contributed by atoms with Crippen LogP contribution in [0.25, 0.3) is 0 Å². The van der Waals surface area contributed by atoms with Crippen molar-refractivity contribution >= 4 is 39.5 Å². The van der Waals surface area contributed by atoms with Crippen molar-refractivity contribution < 1.29 is 80.2 Å². The van der Waals surface area contributed by atoms with E-state index in [1.165, 1.54) is 64.2 Å². The Labute approximate surface area is 617 Å². The normalized spacial score (nSPS) is 14.8. The molecule has 0 aromatic carbocycles. The van der Waals surface area contributed by atoms with E-state index < -0.39 is 97.5 Å². The summed E-state index contributed by atoms with van der Waals surface area (Å²) in [6, 6.07) is 0. The Morgan fingerprint density at radius 2 is 0.529 bits per heavy atom. The second-order valence-electron chi connectivity index (χ2n) is 25.2. The fraction of sp³-hybridized carbons (Fsp3) is 0.639. The lowest BCUT2D eigenvalue weighted by Crippen LogP contribution is -2.30. The summed E-state index contributed by atoms with van der Waals surface area (Å²) in [6.07, 6.45) is 85.6. The van der Waals surface area contributed by atoms with Gasteiger partial charge in [0.05, 0.1) is 26.4 Å². The molecule has 580 valence electrons. The van der Waals surface area contributed by atoms with Gasteiger partial charge in [0.1, 0.15) is 19.3 Å². The first kappa shape index (κ1) is 96.7. The molecular weight excluding hydrogens is 1330 g/mol. The Morgan fingerprint density at radius 1 is 0.284 bits per heavy atom. The van der Waals surface area contributed by atoms with E-state index in [4.69, 9.17) is 37.0 Å². The third-order valence-corrected chi connectivity index (χ3v) is 17.4. The van der Waals surface area contributed by atoms with Gasteiger partial charge in [-0.2, -0.15) is 0 Å².